The third-order valence-electron chi connectivity index (χ3n) is 3.11. The van der Waals surface area contributed by atoms with E-state index in [-0.39, 0.29) is 0 Å². The van der Waals surface area contributed by atoms with Gasteiger partial charge in [0.15, 0.2) is 0 Å². The van der Waals surface area contributed by atoms with Gasteiger partial charge in [-0.15, -0.1) is 0 Å². The van der Waals surface area contributed by atoms with Crippen LogP contribution in [0.3, 0.4) is 0 Å². The third-order valence-corrected chi connectivity index (χ3v) is 3.11. The van der Waals surface area contributed by atoms with Gasteiger partial charge in [-0.1, -0.05) is 6.42 Å². The van der Waals surface area contributed by atoms with Gasteiger partial charge in [-0.2, -0.15) is 0 Å². The van der Waals surface area contributed by atoms with Crippen LogP contribution in [0, 0.1) is 17.8 Å². The fourth-order valence-corrected chi connectivity index (χ4v) is 2.54. The highest BCUT2D eigenvalue weighted by Crippen LogP contribution is 2.57. The Morgan fingerprint density at radius 2 is 2.09 bits per heavy atom. The minimum atomic E-state index is 0.679. The van der Waals surface area contributed by atoms with Gasteiger partial charge in [-0.3, -0.25) is 4.99 Å². The van der Waals surface area contributed by atoms with E-state index in [2.05, 4.69) is 10.4 Å². The van der Waals surface area contributed by atoms with Crippen molar-refractivity contribution >= 4 is 5.84 Å². The Morgan fingerprint density at radius 1 is 1.45 bits per heavy atom. The Kier molecular flexibility index (Phi) is 1.60. The average Bonchev–Trinajstić information content (AvgIpc) is 2.54. The zero-order chi connectivity index (χ0) is 7.84. The smallest absolute Gasteiger partial charge is 0.114 e. The first-order valence-corrected chi connectivity index (χ1v) is 4.31. The number of rotatable bonds is 1. The lowest BCUT2D eigenvalue weighted by Gasteiger charge is -2.05. The lowest BCUT2D eigenvalue weighted by molar-refractivity contribution is 0.670. The predicted octanol–water partition coefficient (Wildman–Crippen LogP) is 0.524. The van der Waals surface area contributed by atoms with Crippen molar-refractivity contribution in [2.75, 3.05) is 7.05 Å². The van der Waals surface area contributed by atoms with E-state index in [1.54, 1.807) is 0 Å². The molecule has 2 rings (SSSR count). The van der Waals surface area contributed by atoms with Gasteiger partial charge < -0.3 is 5.43 Å². The van der Waals surface area contributed by atoms with Crippen molar-refractivity contribution in [1.29, 1.82) is 0 Å². The summed E-state index contributed by atoms with van der Waals surface area (Å²) < 4.78 is 0. The van der Waals surface area contributed by atoms with Gasteiger partial charge in [0.05, 0.1) is 0 Å². The summed E-state index contributed by atoms with van der Waals surface area (Å²) in [6, 6.07) is 0. The SMILES string of the molecule is CN=C(NN)C1C2CCCC21. The van der Waals surface area contributed by atoms with E-state index in [4.69, 9.17) is 5.84 Å². The Labute approximate surface area is 67.0 Å². The van der Waals surface area contributed by atoms with Crippen LogP contribution in [0.5, 0.6) is 0 Å². The summed E-state index contributed by atoms with van der Waals surface area (Å²) in [5.74, 6) is 8.85. The molecule has 2 aliphatic carbocycles. The summed E-state index contributed by atoms with van der Waals surface area (Å²) in [6.07, 6.45) is 4.18. The molecule has 2 atom stereocenters. The molecular weight excluding hydrogens is 138 g/mol. The molecule has 2 unspecified atom stereocenters. The molecule has 2 fully saturated rings. The summed E-state index contributed by atoms with van der Waals surface area (Å²) in [7, 11) is 1.81. The fourth-order valence-electron chi connectivity index (χ4n) is 2.54. The molecule has 2 aliphatic rings. The molecule has 0 radical (unpaired) electrons. The number of nitrogens with one attached hydrogen (secondary N) is 1. The lowest BCUT2D eigenvalue weighted by atomic mass is 10.1. The van der Waals surface area contributed by atoms with Crippen LogP contribution in [0.15, 0.2) is 4.99 Å². The van der Waals surface area contributed by atoms with E-state index < -0.39 is 0 Å². The largest absolute Gasteiger partial charge is 0.312 e. The highest BCUT2D eigenvalue weighted by molar-refractivity contribution is 5.87. The van der Waals surface area contributed by atoms with Gasteiger partial charge in [0.2, 0.25) is 0 Å². The van der Waals surface area contributed by atoms with Crippen LogP contribution in [0.25, 0.3) is 0 Å². The molecule has 0 spiro atoms. The van der Waals surface area contributed by atoms with Crippen LogP contribution in [0.2, 0.25) is 0 Å². The van der Waals surface area contributed by atoms with Crippen molar-refractivity contribution in [2.45, 2.75) is 19.3 Å². The second-order valence-electron chi connectivity index (χ2n) is 3.54. The molecule has 3 nitrogen and oxygen atoms in total. The number of nitrogens with zero attached hydrogens (tertiary/aromatic N) is 1. The number of aliphatic imine (C=N–C) groups is 1. The molecule has 0 amide bonds. The number of hydrazine groups is 1. The quantitative estimate of drug-likeness (QED) is 0.250. The molecule has 0 aromatic heterocycles. The van der Waals surface area contributed by atoms with Crippen molar-refractivity contribution < 1.29 is 0 Å². The summed E-state index contributed by atoms with van der Waals surface area (Å²) in [5, 5.41) is 0. The lowest BCUT2D eigenvalue weighted by Crippen LogP contribution is -2.33. The van der Waals surface area contributed by atoms with Crippen molar-refractivity contribution in [3.8, 4) is 0 Å². The first-order chi connectivity index (χ1) is 5.38. The minimum Gasteiger partial charge on any atom is -0.312 e. The van der Waals surface area contributed by atoms with Crippen molar-refractivity contribution in [3.63, 3.8) is 0 Å². The summed E-state index contributed by atoms with van der Waals surface area (Å²) in [4.78, 5) is 4.13. The van der Waals surface area contributed by atoms with Gasteiger partial charge in [-0.05, 0) is 24.7 Å². The second-order valence-corrected chi connectivity index (χ2v) is 3.54. The Bertz CT molecular complexity index is 178. The minimum absolute atomic E-state index is 0.679. The van der Waals surface area contributed by atoms with E-state index in [1.165, 1.54) is 19.3 Å². The summed E-state index contributed by atoms with van der Waals surface area (Å²) >= 11 is 0. The zero-order valence-corrected chi connectivity index (χ0v) is 6.88. The Hall–Kier alpha value is -0.570. The number of hydrogen-bond acceptors (Lipinski definition) is 2. The standard InChI is InChI=1S/C8H15N3/c1-10-8(11-9)7-5-3-2-4-6(5)7/h5-7H,2-4,9H2,1H3,(H,10,11). The monoisotopic (exact) mass is 153 g/mol. The molecule has 11 heavy (non-hydrogen) atoms. The molecule has 0 aliphatic heterocycles. The molecular formula is C8H15N3. The first-order valence-electron chi connectivity index (χ1n) is 4.31. The summed E-state index contributed by atoms with van der Waals surface area (Å²) in [5.41, 5.74) is 2.69. The number of nitrogens with two attached hydrogens (primary N) is 1. The van der Waals surface area contributed by atoms with Crippen LogP contribution in [0.1, 0.15) is 19.3 Å². The van der Waals surface area contributed by atoms with Gasteiger partial charge in [0.1, 0.15) is 5.84 Å². The Balaban J connectivity index is 1.99. The normalized spacial score (nSPS) is 42.0. The maximum atomic E-state index is 5.35. The molecule has 0 aromatic carbocycles. The van der Waals surface area contributed by atoms with E-state index in [0.717, 1.165) is 17.7 Å². The highest BCUT2D eigenvalue weighted by Gasteiger charge is 2.54. The second kappa shape index (κ2) is 2.48. The maximum absolute atomic E-state index is 5.35. The molecule has 0 saturated heterocycles. The van der Waals surface area contributed by atoms with Crippen LogP contribution >= 0.6 is 0 Å². The number of amidine groups is 1. The van der Waals surface area contributed by atoms with Crippen LogP contribution in [0.4, 0.5) is 0 Å². The van der Waals surface area contributed by atoms with E-state index in [9.17, 15) is 0 Å². The molecule has 2 saturated carbocycles. The average molecular weight is 153 g/mol. The predicted molar refractivity (Wildman–Crippen MR) is 45.0 cm³/mol. The van der Waals surface area contributed by atoms with E-state index in [1.807, 2.05) is 7.05 Å². The molecule has 62 valence electrons. The summed E-state index contributed by atoms with van der Waals surface area (Å²) in [6.45, 7) is 0. The van der Waals surface area contributed by atoms with Crippen LogP contribution in [-0.2, 0) is 0 Å². The topological polar surface area (TPSA) is 50.4 Å². The van der Waals surface area contributed by atoms with Crippen molar-refractivity contribution in [3.05, 3.63) is 0 Å². The molecule has 0 heterocycles. The molecule has 3 heteroatoms. The van der Waals surface area contributed by atoms with Crippen molar-refractivity contribution in [1.82, 2.24) is 5.43 Å². The zero-order valence-electron chi connectivity index (χ0n) is 6.88. The van der Waals surface area contributed by atoms with Crippen molar-refractivity contribution in [2.24, 2.45) is 28.6 Å². The van der Waals surface area contributed by atoms with Gasteiger partial charge in [0.25, 0.3) is 0 Å². The van der Waals surface area contributed by atoms with Gasteiger partial charge in [0, 0.05) is 13.0 Å². The fraction of sp³-hybridized carbons (Fsp3) is 0.875. The van der Waals surface area contributed by atoms with E-state index >= 15 is 0 Å². The maximum Gasteiger partial charge on any atom is 0.114 e. The highest BCUT2D eigenvalue weighted by atomic mass is 15.3. The molecule has 0 bridgehead atoms. The third kappa shape index (κ3) is 0.948. The number of hydrogen-bond donors (Lipinski definition) is 2. The Morgan fingerprint density at radius 3 is 2.55 bits per heavy atom. The molecule has 0 aromatic rings. The number of fused-ring (bicyclic) bond motifs is 1. The van der Waals surface area contributed by atoms with Crippen LogP contribution < -0.4 is 11.3 Å². The van der Waals surface area contributed by atoms with Crippen LogP contribution in [-0.4, -0.2) is 12.9 Å². The van der Waals surface area contributed by atoms with Gasteiger partial charge in [-0.25, -0.2) is 5.84 Å². The van der Waals surface area contributed by atoms with E-state index in [0.29, 0.717) is 5.92 Å². The van der Waals surface area contributed by atoms with Gasteiger partial charge >= 0.3 is 0 Å². The first kappa shape index (κ1) is 7.10. The molecule has 3 N–H and O–H groups in total.